The molecule has 2 aliphatic rings. The molecule has 1 aromatic rings. The zero-order valence-electron chi connectivity index (χ0n) is 14.3. The lowest BCUT2D eigenvalue weighted by Gasteiger charge is -2.44. The van der Waals surface area contributed by atoms with E-state index in [-0.39, 0.29) is 6.03 Å². The Morgan fingerprint density at radius 3 is 2.38 bits per heavy atom. The van der Waals surface area contributed by atoms with E-state index in [9.17, 15) is 13.2 Å². The number of anilines is 1. The summed E-state index contributed by atoms with van der Waals surface area (Å²) in [7, 11) is -3.25. The number of sulfonamides is 1. The lowest BCUT2D eigenvalue weighted by molar-refractivity contribution is 0.109. The van der Waals surface area contributed by atoms with E-state index < -0.39 is 15.6 Å². The number of rotatable bonds is 2. The lowest BCUT2D eigenvalue weighted by atomic mass is 9.88. The van der Waals surface area contributed by atoms with Gasteiger partial charge in [0.1, 0.15) is 0 Å². The van der Waals surface area contributed by atoms with E-state index in [2.05, 4.69) is 5.32 Å². The van der Waals surface area contributed by atoms with Crippen LogP contribution in [0.15, 0.2) is 24.3 Å². The maximum Gasteiger partial charge on any atom is 0.321 e. The Morgan fingerprint density at radius 1 is 1.12 bits per heavy atom. The summed E-state index contributed by atoms with van der Waals surface area (Å²) in [6.07, 6.45) is 4.61. The molecule has 2 amide bonds. The topological polar surface area (TPSA) is 69.7 Å². The smallest absolute Gasteiger partial charge is 0.321 e. The Morgan fingerprint density at radius 2 is 1.75 bits per heavy atom. The summed E-state index contributed by atoms with van der Waals surface area (Å²) >= 11 is 0. The zero-order valence-corrected chi connectivity index (χ0v) is 15.1. The van der Waals surface area contributed by atoms with Gasteiger partial charge >= 0.3 is 6.03 Å². The van der Waals surface area contributed by atoms with Crippen LogP contribution in [0, 0.1) is 6.92 Å². The minimum Gasteiger partial charge on any atom is -0.323 e. The van der Waals surface area contributed by atoms with Crippen LogP contribution in [-0.2, 0) is 10.0 Å². The standard InChI is InChI=1S/C17H25N3O3S/c1-14-5-7-15(8-6-14)18-16(21)19-11-3-9-17(13-19)10-4-12-20(17)24(2,22)23/h5-8H,3-4,9-13H2,1-2H3,(H,18,21). The molecule has 0 saturated carbocycles. The van der Waals surface area contributed by atoms with Crippen LogP contribution in [0.25, 0.3) is 0 Å². The third kappa shape index (κ3) is 3.42. The average molecular weight is 351 g/mol. The van der Waals surface area contributed by atoms with E-state index in [4.69, 9.17) is 0 Å². The molecule has 24 heavy (non-hydrogen) atoms. The molecular formula is C17H25N3O3S. The second-order valence-corrected chi connectivity index (χ2v) is 8.89. The minimum absolute atomic E-state index is 0.154. The van der Waals surface area contributed by atoms with Crippen molar-refractivity contribution in [2.75, 3.05) is 31.2 Å². The molecule has 1 aromatic carbocycles. The van der Waals surface area contributed by atoms with Gasteiger partial charge in [-0.05, 0) is 44.7 Å². The van der Waals surface area contributed by atoms with E-state index in [1.54, 1.807) is 9.21 Å². The summed E-state index contributed by atoms with van der Waals surface area (Å²) in [4.78, 5) is 14.4. The molecule has 2 fully saturated rings. The Kier molecular flexibility index (Phi) is 4.57. The number of carbonyl (C=O) groups excluding carboxylic acids is 1. The fourth-order valence-electron chi connectivity index (χ4n) is 3.96. The van der Waals surface area contributed by atoms with Gasteiger partial charge in [-0.15, -0.1) is 0 Å². The summed E-state index contributed by atoms with van der Waals surface area (Å²) in [5.74, 6) is 0. The number of nitrogens with zero attached hydrogens (tertiary/aromatic N) is 2. The first-order valence-corrected chi connectivity index (χ1v) is 10.3. The second-order valence-electron chi connectivity index (χ2n) is 6.98. The molecule has 132 valence electrons. The summed E-state index contributed by atoms with van der Waals surface area (Å²) in [6, 6.07) is 7.51. The van der Waals surface area contributed by atoms with Crippen LogP contribution in [0.1, 0.15) is 31.2 Å². The van der Waals surface area contributed by atoms with E-state index >= 15 is 0 Å². The molecule has 1 N–H and O–H groups in total. The number of urea groups is 1. The number of likely N-dealkylation sites (tertiary alicyclic amines) is 1. The lowest BCUT2D eigenvalue weighted by Crippen LogP contribution is -2.58. The molecule has 0 bridgehead atoms. The Bertz CT molecular complexity index is 717. The highest BCUT2D eigenvalue weighted by Gasteiger charge is 2.48. The van der Waals surface area contributed by atoms with Crippen molar-refractivity contribution >= 4 is 21.7 Å². The number of aryl methyl sites for hydroxylation is 1. The van der Waals surface area contributed by atoms with Crippen LogP contribution in [0.4, 0.5) is 10.5 Å². The third-order valence-corrected chi connectivity index (χ3v) is 6.45. The number of amides is 2. The first-order chi connectivity index (χ1) is 11.3. The van der Waals surface area contributed by atoms with Gasteiger partial charge in [0.05, 0.1) is 11.8 Å². The fraction of sp³-hybridized carbons (Fsp3) is 0.588. The summed E-state index contributed by atoms with van der Waals surface area (Å²) in [5.41, 5.74) is 1.48. The molecule has 0 aliphatic carbocycles. The van der Waals surface area contributed by atoms with Crippen LogP contribution in [0.3, 0.4) is 0 Å². The molecule has 3 rings (SSSR count). The Balaban J connectivity index is 1.73. The van der Waals surface area contributed by atoms with Crippen molar-refractivity contribution in [3.05, 3.63) is 29.8 Å². The highest BCUT2D eigenvalue weighted by molar-refractivity contribution is 7.88. The van der Waals surface area contributed by atoms with Gasteiger partial charge in [0.2, 0.25) is 10.0 Å². The number of hydrogen-bond acceptors (Lipinski definition) is 3. The normalized spacial score (nSPS) is 25.2. The van der Waals surface area contributed by atoms with Crippen LogP contribution < -0.4 is 5.32 Å². The number of nitrogens with one attached hydrogen (secondary N) is 1. The van der Waals surface area contributed by atoms with Crippen LogP contribution in [0.5, 0.6) is 0 Å². The van der Waals surface area contributed by atoms with Crippen LogP contribution >= 0.6 is 0 Å². The number of piperidine rings is 1. The van der Waals surface area contributed by atoms with Gasteiger partial charge in [0.25, 0.3) is 0 Å². The van der Waals surface area contributed by atoms with Crippen molar-refractivity contribution in [1.29, 1.82) is 0 Å². The second kappa shape index (κ2) is 6.37. The highest BCUT2D eigenvalue weighted by Crippen LogP contribution is 2.38. The van der Waals surface area contributed by atoms with Gasteiger partial charge in [-0.2, -0.15) is 4.31 Å². The predicted molar refractivity (Wildman–Crippen MR) is 94.5 cm³/mol. The summed E-state index contributed by atoms with van der Waals surface area (Å²) < 4.78 is 25.8. The van der Waals surface area contributed by atoms with E-state index in [0.717, 1.165) is 36.9 Å². The molecular weight excluding hydrogens is 326 g/mol. The molecule has 2 heterocycles. The first kappa shape index (κ1) is 17.2. The van der Waals surface area contributed by atoms with Crippen molar-refractivity contribution in [2.45, 2.75) is 38.1 Å². The maximum absolute atomic E-state index is 12.6. The molecule has 6 nitrogen and oxygen atoms in total. The van der Waals surface area contributed by atoms with Gasteiger partial charge < -0.3 is 10.2 Å². The Labute approximate surface area is 143 Å². The number of benzene rings is 1. The van der Waals surface area contributed by atoms with Gasteiger partial charge in [0, 0.05) is 25.3 Å². The quantitative estimate of drug-likeness (QED) is 0.889. The predicted octanol–water partition coefficient (Wildman–Crippen LogP) is 2.42. The molecule has 0 radical (unpaired) electrons. The van der Waals surface area contributed by atoms with Crippen LogP contribution in [-0.4, -0.2) is 55.1 Å². The molecule has 1 unspecified atom stereocenters. The number of carbonyl (C=O) groups is 1. The monoisotopic (exact) mass is 351 g/mol. The SMILES string of the molecule is Cc1ccc(NC(=O)N2CCCC3(CCCN3S(C)(=O)=O)C2)cc1. The third-order valence-electron chi connectivity index (χ3n) is 5.08. The van der Waals surface area contributed by atoms with Crippen molar-refractivity contribution in [1.82, 2.24) is 9.21 Å². The average Bonchev–Trinajstić information content (AvgIpc) is 2.92. The van der Waals surface area contributed by atoms with E-state index in [0.29, 0.717) is 19.6 Å². The molecule has 0 aromatic heterocycles. The van der Waals surface area contributed by atoms with E-state index in [1.165, 1.54) is 6.26 Å². The largest absolute Gasteiger partial charge is 0.323 e. The summed E-state index contributed by atoms with van der Waals surface area (Å²) in [6.45, 7) is 3.70. The molecule has 2 saturated heterocycles. The van der Waals surface area contributed by atoms with Gasteiger partial charge in [-0.1, -0.05) is 17.7 Å². The first-order valence-electron chi connectivity index (χ1n) is 8.41. The molecule has 1 atom stereocenters. The molecule has 2 aliphatic heterocycles. The maximum atomic E-state index is 12.6. The van der Waals surface area contributed by atoms with Crippen molar-refractivity contribution in [3.63, 3.8) is 0 Å². The van der Waals surface area contributed by atoms with Crippen molar-refractivity contribution in [3.8, 4) is 0 Å². The molecule has 7 heteroatoms. The van der Waals surface area contributed by atoms with Crippen molar-refractivity contribution in [2.24, 2.45) is 0 Å². The Hall–Kier alpha value is -1.60. The zero-order chi connectivity index (χ0) is 17.4. The fourth-order valence-corrected chi connectivity index (χ4v) is 5.37. The summed E-state index contributed by atoms with van der Waals surface area (Å²) in [5, 5.41) is 2.92. The minimum atomic E-state index is -3.25. The van der Waals surface area contributed by atoms with Crippen molar-refractivity contribution < 1.29 is 13.2 Å². The number of hydrogen-bond donors (Lipinski definition) is 1. The van der Waals surface area contributed by atoms with E-state index in [1.807, 2.05) is 31.2 Å². The van der Waals surface area contributed by atoms with Gasteiger partial charge in [-0.3, -0.25) is 0 Å². The van der Waals surface area contributed by atoms with Crippen LogP contribution in [0.2, 0.25) is 0 Å². The van der Waals surface area contributed by atoms with Gasteiger partial charge in [-0.25, -0.2) is 13.2 Å². The van der Waals surface area contributed by atoms with Gasteiger partial charge in [0.15, 0.2) is 0 Å². The molecule has 1 spiro atoms. The highest BCUT2D eigenvalue weighted by atomic mass is 32.2.